The maximum Gasteiger partial charge on any atom is 0.00922 e. The Balaban J connectivity index is 1.97. The summed E-state index contributed by atoms with van der Waals surface area (Å²) < 4.78 is 0. The molecule has 0 bridgehead atoms. The minimum atomic E-state index is 0.830. The van der Waals surface area contributed by atoms with Gasteiger partial charge < -0.3 is 9.80 Å². The van der Waals surface area contributed by atoms with E-state index in [9.17, 15) is 0 Å². The van der Waals surface area contributed by atoms with Crippen LogP contribution in [0.4, 0.5) is 0 Å². The molecule has 1 rings (SSSR count). The van der Waals surface area contributed by atoms with Crippen LogP contribution in [0.5, 0.6) is 0 Å². The van der Waals surface area contributed by atoms with Crippen molar-refractivity contribution in [2.75, 3.05) is 33.7 Å². The van der Waals surface area contributed by atoms with Crippen molar-refractivity contribution in [2.45, 2.75) is 71.8 Å². The lowest BCUT2D eigenvalue weighted by Crippen LogP contribution is -2.37. The Kier molecular flexibility index (Phi) is 8.79. The van der Waals surface area contributed by atoms with Crippen molar-refractivity contribution < 1.29 is 0 Å². The fourth-order valence-electron chi connectivity index (χ4n) is 2.87. The van der Waals surface area contributed by atoms with Crippen molar-refractivity contribution in [3.05, 3.63) is 0 Å². The highest BCUT2D eigenvalue weighted by molar-refractivity contribution is 4.77. The van der Waals surface area contributed by atoms with Crippen molar-refractivity contribution in [3.8, 4) is 0 Å². The third-order valence-corrected chi connectivity index (χ3v) is 5.00. The zero-order valence-electron chi connectivity index (χ0n) is 14.7. The SMILES string of the molecule is CC(C)CCN(C)CCC(C)CCCN(C)C1CCC1. The maximum atomic E-state index is 2.59. The van der Waals surface area contributed by atoms with E-state index in [0.29, 0.717) is 0 Å². The molecule has 20 heavy (non-hydrogen) atoms. The average molecular weight is 283 g/mol. The molecule has 1 atom stereocenters. The summed E-state index contributed by atoms with van der Waals surface area (Å²) in [6.45, 7) is 10.9. The van der Waals surface area contributed by atoms with Crippen LogP contribution in [-0.2, 0) is 0 Å². The Bertz CT molecular complexity index is 236. The predicted octanol–water partition coefficient (Wildman–Crippen LogP) is 4.26. The van der Waals surface area contributed by atoms with Gasteiger partial charge in [-0.1, -0.05) is 27.2 Å². The van der Waals surface area contributed by atoms with Gasteiger partial charge in [0.05, 0.1) is 0 Å². The Labute approximate surface area is 127 Å². The van der Waals surface area contributed by atoms with Crippen LogP contribution in [0.25, 0.3) is 0 Å². The first-order chi connectivity index (χ1) is 9.49. The first-order valence-electron chi connectivity index (χ1n) is 8.87. The Morgan fingerprint density at radius 2 is 1.55 bits per heavy atom. The molecule has 0 aromatic carbocycles. The summed E-state index contributed by atoms with van der Waals surface area (Å²) in [7, 11) is 4.59. The molecule has 2 heteroatoms. The molecule has 0 spiro atoms. The highest BCUT2D eigenvalue weighted by atomic mass is 15.1. The molecular weight excluding hydrogens is 244 g/mol. The molecule has 2 nitrogen and oxygen atoms in total. The van der Waals surface area contributed by atoms with Gasteiger partial charge in [-0.3, -0.25) is 0 Å². The lowest BCUT2D eigenvalue weighted by Gasteiger charge is -2.35. The van der Waals surface area contributed by atoms with Gasteiger partial charge in [0.15, 0.2) is 0 Å². The van der Waals surface area contributed by atoms with Crippen LogP contribution in [-0.4, -0.2) is 49.6 Å². The highest BCUT2D eigenvalue weighted by Gasteiger charge is 2.21. The van der Waals surface area contributed by atoms with Crippen molar-refractivity contribution in [1.82, 2.24) is 9.80 Å². The largest absolute Gasteiger partial charge is 0.306 e. The molecule has 1 aliphatic carbocycles. The standard InChI is InChI=1S/C18H38N2/c1-16(2)11-14-19(4)15-12-17(3)8-7-13-20(5)18-9-6-10-18/h16-18H,6-15H2,1-5H3. The van der Waals surface area contributed by atoms with Gasteiger partial charge in [-0.2, -0.15) is 0 Å². The Hall–Kier alpha value is -0.0800. The van der Waals surface area contributed by atoms with Gasteiger partial charge in [0.2, 0.25) is 0 Å². The third kappa shape index (κ3) is 7.64. The quantitative estimate of drug-likeness (QED) is 0.559. The Morgan fingerprint density at radius 1 is 0.900 bits per heavy atom. The topological polar surface area (TPSA) is 6.48 Å². The molecule has 0 amide bonds. The number of rotatable bonds is 11. The average Bonchev–Trinajstić information content (AvgIpc) is 2.31. The van der Waals surface area contributed by atoms with Gasteiger partial charge in [-0.25, -0.2) is 0 Å². The van der Waals surface area contributed by atoms with Gasteiger partial charge in [0.25, 0.3) is 0 Å². The molecule has 1 saturated carbocycles. The van der Waals surface area contributed by atoms with Gasteiger partial charge in [0.1, 0.15) is 0 Å². The number of hydrogen-bond donors (Lipinski definition) is 0. The molecule has 0 heterocycles. The highest BCUT2D eigenvalue weighted by Crippen LogP contribution is 2.24. The molecular formula is C18H38N2. The molecule has 0 aromatic heterocycles. The smallest absolute Gasteiger partial charge is 0.00922 e. The van der Waals surface area contributed by atoms with Gasteiger partial charge in [-0.05, 0) is 84.1 Å². The first kappa shape index (κ1) is 18.0. The van der Waals surface area contributed by atoms with E-state index in [1.807, 2.05) is 0 Å². The van der Waals surface area contributed by atoms with E-state index in [1.165, 1.54) is 64.6 Å². The van der Waals surface area contributed by atoms with E-state index in [0.717, 1.165) is 17.9 Å². The minimum absolute atomic E-state index is 0.830. The Morgan fingerprint density at radius 3 is 2.10 bits per heavy atom. The second-order valence-electron chi connectivity index (χ2n) is 7.59. The fraction of sp³-hybridized carbons (Fsp3) is 1.00. The van der Waals surface area contributed by atoms with Crippen LogP contribution in [0.15, 0.2) is 0 Å². The summed E-state index contributed by atoms with van der Waals surface area (Å²) in [4.78, 5) is 5.10. The summed E-state index contributed by atoms with van der Waals surface area (Å²) in [6, 6.07) is 0.910. The van der Waals surface area contributed by atoms with E-state index in [2.05, 4.69) is 44.7 Å². The minimum Gasteiger partial charge on any atom is -0.306 e. The lowest BCUT2D eigenvalue weighted by molar-refractivity contribution is 0.154. The zero-order chi connectivity index (χ0) is 15.0. The molecule has 1 fully saturated rings. The van der Waals surface area contributed by atoms with Crippen LogP contribution >= 0.6 is 0 Å². The molecule has 0 aromatic rings. The van der Waals surface area contributed by atoms with Crippen LogP contribution in [0.1, 0.15) is 65.7 Å². The van der Waals surface area contributed by atoms with E-state index in [1.54, 1.807) is 0 Å². The molecule has 1 unspecified atom stereocenters. The van der Waals surface area contributed by atoms with Gasteiger partial charge in [0, 0.05) is 6.04 Å². The van der Waals surface area contributed by atoms with Crippen LogP contribution in [0.2, 0.25) is 0 Å². The van der Waals surface area contributed by atoms with Crippen LogP contribution < -0.4 is 0 Å². The van der Waals surface area contributed by atoms with E-state index >= 15 is 0 Å². The number of hydrogen-bond acceptors (Lipinski definition) is 2. The van der Waals surface area contributed by atoms with E-state index in [-0.39, 0.29) is 0 Å². The molecule has 1 aliphatic rings. The third-order valence-electron chi connectivity index (χ3n) is 5.00. The number of nitrogens with zero attached hydrogens (tertiary/aromatic N) is 2. The lowest BCUT2D eigenvalue weighted by atomic mass is 9.91. The molecule has 0 saturated heterocycles. The van der Waals surface area contributed by atoms with E-state index in [4.69, 9.17) is 0 Å². The van der Waals surface area contributed by atoms with Crippen LogP contribution in [0, 0.1) is 11.8 Å². The monoisotopic (exact) mass is 282 g/mol. The summed E-state index contributed by atoms with van der Waals surface area (Å²) in [5.41, 5.74) is 0. The molecule has 0 aliphatic heterocycles. The van der Waals surface area contributed by atoms with Crippen molar-refractivity contribution in [2.24, 2.45) is 11.8 Å². The van der Waals surface area contributed by atoms with Crippen molar-refractivity contribution in [1.29, 1.82) is 0 Å². The fourth-order valence-corrected chi connectivity index (χ4v) is 2.87. The van der Waals surface area contributed by atoms with Gasteiger partial charge in [-0.15, -0.1) is 0 Å². The summed E-state index contributed by atoms with van der Waals surface area (Å²) >= 11 is 0. The molecule has 120 valence electrons. The van der Waals surface area contributed by atoms with Crippen LogP contribution in [0.3, 0.4) is 0 Å². The van der Waals surface area contributed by atoms with Crippen molar-refractivity contribution >= 4 is 0 Å². The second-order valence-corrected chi connectivity index (χ2v) is 7.59. The van der Waals surface area contributed by atoms with Crippen molar-refractivity contribution in [3.63, 3.8) is 0 Å². The summed E-state index contributed by atoms with van der Waals surface area (Å²) in [6.07, 6.45) is 9.80. The predicted molar refractivity (Wildman–Crippen MR) is 90.2 cm³/mol. The maximum absolute atomic E-state index is 2.59. The molecule has 0 radical (unpaired) electrons. The summed E-state index contributed by atoms with van der Waals surface area (Å²) in [5.74, 6) is 1.71. The second kappa shape index (κ2) is 9.78. The van der Waals surface area contributed by atoms with E-state index < -0.39 is 0 Å². The normalized spacial score (nSPS) is 18.0. The van der Waals surface area contributed by atoms with Gasteiger partial charge >= 0.3 is 0 Å². The zero-order valence-corrected chi connectivity index (χ0v) is 14.7. The molecule has 0 N–H and O–H groups in total. The summed E-state index contributed by atoms with van der Waals surface area (Å²) in [5, 5.41) is 0. The first-order valence-corrected chi connectivity index (χ1v) is 8.87.